The van der Waals surface area contributed by atoms with E-state index < -0.39 is 15.9 Å². The maximum absolute atomic E-state index is 13.0. The van der Waals surface area contributed by atoms with Crippen molar-refractivity contribution in [3.8, 4) is 0 Å². The zero-order valence-corrected chi connectivity index (χ0v) is 15.1. The summed E-state index contributed by atoms with van der Waals surface area (Å²) in [6.45, 7) is 0.595. The summed E-state index contributed by atoms with van der Waals surface area (Å²) in [5.41, 5.74) is 1.23. The maximum atomic E-state index is 13.0. The van der Waals surface area contributed by atoms with Crippen molar-refractivity contribution >= 4 is 21.6 Å². The number of nitrogens with zero attached hydrogens (tertiary/aromatic N) is 1. The summed E-state index contributed by atoms with van der Waals surface area (Å²) in [4.78, 5) is 12.5. The molecule has 0 radical (unpaired) electrons. The van der Waals surface area contributed by atoms with Gasteiger partial charge in [0, 0.05) is 18.8 Å². The van der Waals surface area contributed by atoms with Crippen molar-refractivity contribution in [3.63, 3.8) is 0 Å². The number of sulfonamides is 1. The van der Waals surface area contributed by atoms with Crippen molar-refractivity contribution in [1.82, 2.24) is 4.31 Å². The minimum Gasteiger partial charge on any atom is -0.326 e. The Labute approximate surface area is 152 Å². The molecule has 0 unspecified atom stereocenters. The molecule has 5 nitrogen and oxygen atoms in total. The van der Waals surface area contributed by atoms with E-state index in [1.165, 1.54) is 28.6 Å². The topological polar surface area (TPSA) is 66.5 Å². The number of amides is 1. The summed E-state index contributed by atoms with van der Waals surface area (Å²) in [6.07, 6.45) is 1.26. The van der Waals surface area contributed by atoms with E-state index in [-0.39, 0.29) is 24.0 Å². The van der Waals surface area contributed by atoms with Crippen LogP contribution in [0.2, 0.25) is 0 Å². The standard InChI is InChI=1S/C19H21FN2O3S/c20-17-8-10-18(11-9-17)21-19(23)16-7-4-12-22(13-16)26(24,25)14-15-5-2-1-3-6-15/h1-3,5-6,8-11,16H,4,7,12-14H2,(H,21,23)/t16-/m1/s1. The van der Waals surface area contributed by atoms with Crippen LogP contribution in [0, 0.1) is 11.7 Å². The maximum Gasteiger partial charge on any atom is 0.228 e. The molecular weight excluding hydrogens is 355 g/mol. The third-order valence-corrected chi connectivity index (χ3v) is 6.27. The quantitative estimate of drug-likeness (QED) is 0.872. The van der Waals surface area contributed by atoms with Gasteiger partial charge in [-0.15, -0.1) is 0 Å². The summed E-state index contributed by atoms with van der Waals surface area (Å²) in [5.74, 6) is -1.10. The molecule has 7 heteroatoms. The first-order valence-electron chi connectivity index (χ1n) is 8.52. The predicted molar refractivity (Wildman–Crippen MR) is 98.4 cm³/mol. The molecule has 1 aliphatic heterocycles. The largest absolute Gasteiger partial charge is 0.326 e. The average Bonchev–Trinajstić information content (AvgIpc) is 2.64. The monoisotopic (exact) mass is 376 g/mol. The van der Waals surface area contributed by atoms with Gasteiger partial charge in [-0.05, 0) is 42.7 Å². The number of benzene rings is 2. The van der Waals surface area contributed by atoms with Crippen LogP contribution < -0.4 is 5.32 Å². The Morgan fingerprint density at radius 3 is 2.50 bits per heavy atom. The highest BCUT2D eigenvalue weighted by atomic mass is 32.2. The molecule has 1 heterocycles. The van der Waals surface area contributed by atoms with Gasteiger partial charge in [0.2, 0.25) is 15.9 Å². The van der Waals surface area contributed by atoms with Gasteiger partial charge in [0.25, 0.3) is 0 Å². The smallest absolute Gasteiger partial charge is 0.228 e. The Balaban J connectivity index is 1.64. The molecule has 1 amide bonds. The van der Waals surface area contributed by atoms with Gasteiger partial charge in [-0.2, -0.15) is 0 Å². The fraction of sp³-hybridized carbons (Fsp3) is 0.316. The minimum atomic E-state index is -3.48. The molecule has 26 heavy (non-hydrogen) atoms. The third kappa shape index (κ3) is 4.68. The van der Waals surface area contributed by atoms with E-state index in [9.17, 15) is 17.6 Å². The van der Waals surface area contributed by atoms with E-state index in [2.05, 4.69) is 5.32 Å². The Morgan fingerprint density at radius 2 is 1.81 bits per heavy atom. The molecule has 0 spiro atoms. The first-order chi connectivity index (χ1) is 12.4. The van der Waals surface area contributed by atoms with Crippen molar-refractivity contribution in [2.75, 3.05) is 18.4 Å². The van der Waals surface area contributed by atoms with Gasteiger partial charge in [0.05, 0.1) is 11.7 Å². The number of carbonyl (C=O) groups excluding carboxylic acids is 1. The summed E-state index contributed by atoms with van der Waals surface area (Å²) < 4.78 is 39.7. The van der Waals surface area contributed by atoms with Crippen molar-refractivity contribution < 1.29 is 17.6 Å². The number of carbonyl (C=O) groups is 1. The van der Waals surface area contributed by atoms with Gasteiger partial charge >= 0.3 is 0 Å². The van der Waals surface area contributed by atoms with Crippen LogP contribution in [0.15, 0.2) is 54.6 Å². The lowest BCUT2D eigenvalue weighted by Gasteiger charge is -2.31. The summed E-state index contributed by atoms with van der Waals surface area (Å²) >= 11 is 0. The van der Waals surface area contributed by atoms with E-state index in [1.807, 2.05) is 6.07 Å². The summed E-state index contributed by atoms with van der Waals surface area (Å²) in [7, 11) is -3.48. The van der Waals surface area contributed by atoms with Crippen LogP contribution in [0.3, 0.4) is 0 Å². The lowest BCUT2D eigenvalue weighted by atomic mass is 9.99. The summed E-state index contributed by atoms with van der Waals surface area (Å²) in [5, 5.41) is 2.73. The van der Waals surface area contributed by atoms with E-state index >= 15 is 0 Å². The van der Waals surface area contributed by atoms with Crippen LogP contribution >= 0.6 is 0 Å². The second-order valence-corrected chi connectivity index (χ2v) is 8.40. The average molecular weight is 376 g/mol. The van der Waals surface area contributed by atoms with Crippen molar-refractivity contribution in [3.05, 3.63) is 66.0 Å². The number of hydrogen-bond donors (Lipinski definition) is 1. The number of hydrogen-bond acceptors (Lipinski definition) is 3. The first-order valence-corrected chi connectivity index (χ1v) is 10.1. The number of anilines is 1. The molecule has 138 valence electrons. The highest BCUT2D eigenvalue weighted by Gasteiger charge is 2.32. The van der Waals surface area contributed by atoms with Crippen LogP contribution in [-0.4, -0.2) is 31.7 Å². The van der Waals surface area contributed by atoms with Gasteiger partial charge in [-0.25, -0.2) is 17.1 Å². The second-order valence-electron chi connectivity index (χ2n) is 6.44. The highest BCUT2D eigenvalue weighted by Crippen LogP contribution is 2.23. The number of halogens is 1. The van der Waals surface area contributed by atoms with E-state index in [0.717, 1.165) is 5.56 Å². The molecule has 1 fully saturated rings. The molecule has 1 aliphatic rings. The van der Waals surface area contributed by atoms with Crippen LogP contribution in [0.5, 0.6) is 0 Å². The number of nitrogens with one attached hydrogen (secondary N) is 1. The molecule has 1 N–H and O–H groups in total. The Kier molecular flexibility index (Phi) is 5.68. The van der Waals surface area contributed by atoms with Crippen molar-refractivity contribution in [2.45, 2.75) is 18.6 Å². The second kappa shape index (κ2) is 7.97. The third-order valence-electron chi connectivity index (χ3n) is 4.45. The Bertz CT molecular complexity index is 854. The van der Waals surface area contributed by atoms with E-state index in [1.54, 1.807) is 24.3 Å². The molecule has 0 aromatic heterocycles. The lowest BCUT2D eigenvalue weighted by molar-refractivity contribution is -0.120. The lowest BCUT2D eigenvalue weighted by Crippen LogP contribution is -2.44. The van der Waals surface area contributed by atoms with E-state index in [4.69, 9.17) is 0 Å². The van der Waals surface area contributed by atoms with Crippen molar-refractivity contribution in [1.29, 1.82) is 0 Å². The molecule has 2 aromatic rings. The van der Waals surface area contributed by atoms with Crippen LogP contribution in [0.1, 0.15) is 18.4 Å². The minimum absolute atomic E-state index is 0.0693. The van der Waals surface area contributed by atoms with Gasteiger partial charge < -0.3 is 5.32 Å². The molecule has 0 saturated carbocycles. The van der Waals surface area contributed by atoms with E-state index in [0.29, 0.717) is 25.1 Å². The zero-order valence-electron chi connectivity index (χ0n) is 14.3. The molecule has 3 rings (SSSR count). The van der Waals surface area contributed by atoms with Gasteiger partial charge in [-0.1, -0.05) is 30.3 Å². The number of piperidine rings is 1. The molecule has 1 atom stereocenters. The SMILES string of the molecule is O=C(Nc1ccc(F)cc1)[C@@H]1CCCN(S(=O)(=O)Cc2ccccc2)C1. The van der Waals surface area contributed by atoms with Crippen LogP contribution in [0.25, 0.3) is 0 Å². The zero-order chi connectivity index (χ0) is 18.6. The number of rotatable bonds is 5. The van der Waals surface area contributed by atoms with Crippen molar-refractivity contribution in [2.24, 2.45) is 5.92 Å². The Morgan fingerprint density at radius 1 is 1.12 bits per heavy atom. The molecule has 1 saturated heterocycles. The Hall–Kier alpha value is -2.25. The van der Waals surface area contributed by atoms with Gasteiger partial charge in [0.1, 0.15) is 5.82 Å². The molecule has 0 aliphatic carbocycles. The van der Waals surface area contributed by atoms with Crippen LogP contribution in [0.4, 0.5) is 10.1 Å². The fourth-order valence-electron chi connectivity index (χ4n) is 3.06. The van der Waals surface area contributed by atoms with Gasteiger partial charge in [0.15, 0.2) is 0 Å². The normalized spacial score (nSPS) is 18.4. The van der Waals surface area contributed by atoms with Crippen LogP contribution in [-0.2, 0) is 20.6 Å². The first kappa shape index (κ1) is 18.5. The molecular formula is C19H21FN2O3S. The summed E-state index contributed by atoms with van der Waals surface area (Å²) in [6, 6.07) is 14.5. The predicted octanol–water partition coefficient (Wildman–Crippen LogP) is 3.01. The van der Waals surface area contributed by atoms with Gasteiger partial charge in [-0.3, -0.25) is 4.79 Å². The highest BCUT2D eigenvalue weighted by molar-refractivity contribution is 7.88. The molecule has 0 bridgehead atoms. The molecule has 2 aromatic carbocycles. The fourth-order valence-corrected chi connectivity index (χ4v) is 4.67.